The first-order chi connectivity index (χ1) is 32.5. The molecule has 0 aliphatic heterocycles. The van der Waals surface area contributed by atoms with E-state index in [1.807, 2.05) is 0 Å². The highest BCUT2D eigenvalue weighted by molar-refractivity contribution is 6.25. The lowest BCUT2D eigenvalue weighted by molar-refractivity contribution is 0.660. The van der Waals surface area contributed by atoms with E-state index in [2.05, 4.69) is 232 Å². The van der Waals surface area contributed by atoms with Crippen molar-refractivity contribution < 1.29 is 0 Å². The Morgan fingerprint density at radius 1 is 0.258 bits per heavy atom. The molecule has 306 valence electrons. The molecule has 0 saturated carbocycles. The highest BCUT2D eigenvalue weighted by Gasteiger charge is 2.53. The van der Waals surface area contributed by atoms with Crippen molar-refractivity contribution in [1.82, 2.24) is 0 Å². The smallest absolute Gasteiger partial charge is 0.0619 e. The summed E-state index contributed by atoms with van der Waals surface area (Å²) in [5.74, 6) is 0. The predicted molar refractivity (Wildman–Crippen MR) is 279 cm³/mol. The second kappa shape index (κ2) is 12.8. The lowest BCUT2D eigenvalue weighted by Gasteiger charge is -2.32. The Balaban J connectivity index is 1.04. The molecule has 0 heteroatoms. The topological polar surface area (TPSA) is 0 Å². The lowest BCUT2D eigenvalue weighted by Crippen LogP contribution is -2.26. The Morgan fingerprint density at radius 2 is 0.697 bits per heavy atom. The normalized spacial score (nSPS) is 14.5. The first-order valence-electron chi connectivity index (χ1n) is 23.4. The average Bonchev–Trinajstić information content (AvgIpc) is 3.94. The van der Waals surface area contributed by atoms with Gasteiger partial charge in [-0.2, -0.15) is 0 Å². The van der Waals surface area contributed by atoms with Crippen molar-refractivity contribution in [3.8, 4) is 55.6 Å². The fourth-order valence-corrected chi connectivity index (χ4v) is 13.4. The van der Waals surface area contributed by atoms with E-state index in [1.54, 1.807) is 0 Å². The third kappa shape index (κ3) is 4.40. The highest BCUT2D eigenvalue weighted by Crippen LogP contribution is 2.67. The molecule has 0 fully saturated rings. The van der Waals surface area contributed by atoms with Crippen LogP contribution in [-0.4, -0.2) is 0 Å². The Hall–Kier alpha value is -8.06. The third-order valence-corrected chi connectivity index (χ3v) is 16.0. The van der Waals surface area contributed by atoms with Gasteiger partial charge in [-0.15, -0.1) is 0 Å². The lowest BCUT2D eigenvalue weighted by atomic mass is 9.68. The van der Waals surface area contributed by atoms with E-state index >= 15 is 0 Å². The van der Waals surface area contributed by atoms with Crippen molar-refractivity contribution in [2.45, 2.75) is 24.7 Å². The quantitative estimate of drug-likeness (QED) is 0.120. The molecule has 0 nitrogen and oxygen atoms in total. The van der Waals surface area contributed by atoms with Gasteiger partial charge in [-0.25, -0.2) is 0 Å². The first kappa shape index (κ1) is 36.3. The molecule has 15 rings (SSSR count). The van der Waals surface area contributed by atoms with Crippen LogP contribution in [0.3, 0.4) is 0 Å². The number of fused-ring (bicyclic) bond motifs is 22. The Bertz CT molecular complexity index is 4040. The van der Waals surface area contributed by atoms with Crippen LogP contribution < -0.4 is 0 Å². The van der Waals surface area contributed by atoms with Crippen LogP contribution in [0.5, 0.6) is 0 Å². The minimum Gasteiger partial charge on any atom is -0.0619 e. The maximum Gasteiger partial charge on any atom is 0.0737 e. The zero-order chi connectivity index (χ0) is 43.5. The molecule has 0 saturated heterocycles. The van der Waals surface area contributed by atoms with Crippen LogP contribution in [-0.2, 0) is 10.8 Å². The van der Waals surface area contributed by atoms with Crippen molar-refractivity contribution in [3.63, 3.8) is 0 Å². The van der Waals surface area contributed by atoms with Crippen LogP contribution in [0.4, 0.5) is 0 Å². The monoisotopic (exact) mass is 834 g/mol. The number of rotatable bonds is 2. The van der Waals surface area contributed by atoms with Crippen molar-refractivity contribution in [2.75, 3.05) is 0 Å². The summed E-state index contributed by atoms with van der Waals surface area (Å²) in [6.45, 7) is 4.76. The summed E-state index contributed by atoms with van der Waals surface area (Å²) in [6.07, 6.45) is 0. The van der Waals surface area contributed by atoms with Crippen molar-refractivity contribution in [1.29, 1.82) is 0 Å². The molecule has 0 atom stereocenters. The first-order valence-corrected chi connectivity index (χ1v) is 23.4. The standard InChI is InChI=1S/C66H42/c1-65(2)56-28-14-11-20-44(56)47-34-32-41(38-59(47)65)61-51-26-9-7-24-49(51)60(50-25-8-10-27-52(50)61)40-33-35-53-55(37-40)43-19-5-6-23-48(43)62-54-36-31-39-17-3-4-18-42(39)63(54)66(64(53)62)57-29-15-12-21-45(57)46-22-13-16-30-58(46)66/h3-38H,1-2H3. The summed E-state index contributed by atoms with van der Waals surface area (Å²) in [5.41, 5.74) is 20.9. The summed E-state index contributed by atoms with van der Waals surface area (Å²) >= 11 is 0. The SMILES string of the molecule is CC1(C)c2ccccc2-c2ccc(-c3c4ccccc4c(-c4ccc5c6c(c7ccccc7c5c4)-c4ccc5ccccc5c4C64c5ccccc5-c5ccccc54)c4ccccc34)cc21. The van der Waals surface area contributed by atoms with Crippen LogP contribution >= 0.6 is 0 Å². The molecule has 0 unspecified atom stereocenters. The van der Waals surface area contributed by atoms with Gasteiger partial charge in [0.15, 0.2) is 0 Å². The fraction of sp³-hybridized carbons (Fsp3) is 0.0606. The zero-order valence-electron chi connectivity index (χ0n) is 36.8. The minimum atomic E-state index is -0.505. The Labute approximate surface area is 384 Å². The van der Waals surface area contributed by atoms with Gasteiger partial charge in [-0.1, -0.05) is 220 Å². The van der Waals surface area contributed by atoms with Gasteiger partial charge >= 0.3 is 0 Å². The Morgan fingerprint density at radius 3 is 1.32 bits per heavy atom. The molecule has 3 aliphatic rings. The average molecular weight is 835 g/mol. The van der Waals surface area contributed by atoms with E-state index in [4.69, 9.17) is 0 Å². The second-order valence-corrected chi connectivity index (χ2v) is 19.4. The van der Waals surface area contributed by atoms with Gasteiger partial charge in [0.2, 0.25) is 0 Å². The van der Waals surface area contributed by atoms with Crippen molar-refractivity contribution in [2.24, 2.45) is 0 Å². The zero-order valence-corrected chi connectivity index (χ0v) is 36.8. The van der Waals surface area contributed by atoms with Crippen LogP contribution in [0, 0.1) is 0 Å². The largest absolute Gasteiger partial charge is 0.0737 e. The van der Waals surface area contributed by atoms with Crippen molar-refractivity contribution >= 4 is 53.9 Å². The molecule has 0 N–H and O–H groups in total. The van der Waals surface area contributed by atoms with Gasteiger partial charge in [-0.3, -0.25) is 0 Å². The maximum absolute atomic E-state index is 2.53. The molecule has 66 heavy (non-hydrogen) atoms. The van der Waals surface area contributed by atoms with E-state index in [0.29, 0.717) is 0 Å². The van der Waals surface area contributed by atoms with Gasteiger partial charge in [0, 0.05) is 5.41 Å². The molecule has 0 heterocycles. The molecule has 0 radical (unpaired) electrons. The van der Waals surface area contributed by atoms with Crippen molar-refractivity contribution in [3.05, 3.63) is 252 Å². The van der Waals surface area contributed by atoms with E-state index < -0.39 is 5.41 Å². The van der Waals surface area contributed by atoms with E-state index in [0.717, 1.165) is 0 Å². The summed E-state index contributed by atoms with van der Waals surface area (Å²) in [7, 11) is 0. The van der Waals surface area contributed by atoms with Crippen LogP contribution in [0.1, 0.15) is 47.2 Å². The molecule has 0 bridgehead atoms. The highest BCUT2D eigenvalue weighted by atomic mass is 14.5. The summed E-state index contributed by atoms with van der Waals surface area (Å²) in [5, 5.41) is 12.9. The van der Waals surface area contributed by atoms with E-state index in [-0.39, 0.29) is 5.41 Å². The van der Waals surface area contributed by atoms with E-state index in [9.17, 15) is 0 Å². The van der Waals surface area contributed by atoms with Gasteiger partial charge in [0.25, 0.3) is 0 Å². The number of hydrogen-bond acceptors (Lipinski definition) is 0. The molecule has 0 amide bonds. The molecule has 12 aromatic rings. The molecular weight excluding hydrogens is 793 g/mol. The van der Waals surface area contributed by atoms with Crippen LogP contribution in [0.25, 0.3) is 109 Å². The Kier molecular flexibility index (Phi) is 7.04. The van der Waals surface area contributed by atoms with Gasteiger partial charge in [-0.05, 0) is 155 Å². The van der Waals surface area contributed by atoms with Crippen LogP contribution in [0.2, 0.25) is 0 Å². The molecule has 12 aromatic carbocycles. The molecular formula is C66H42. The number of benzene rings is 12. The summed E-state index contributed by atoms with van der Waals surface area (Å²) < 4.78 is 0. The maximum atomic E-state index is 2.53. The summed E-state index contributed by atoms with van der Waals surface area (Å²) in [6, 6.07) is 83.3. The predicted octanol–water partition coefficient (Wildman–Crippen LogP) is 17.4. The van der Waals surface area contributed by atoms with Gasteiger partial charge in [0.1, 0.15) is 0 Å². The fourth-order valence-electron chi connectivity index (χ4n) is 13.4. The van der Waals surface area contributed by atoms with Gasteiger partial charge < -0.3 is 0 Å². The molecule has 1 spiro atoms. The second-order valence-electron chi connectivity index (χ2n) is 19.4. The van der Waals surface area contributed by atoms with E-state index in [1.165, 1.54) is 143 Å². The molecule has 3 aliphatic carbocycles. The number of hydrogen-bond donors (Lipinski definition) is 0. The van der Waals surface area contributed by atoms with Crippen LogP contribution in [0.15, 0.2) is 218 Å². The minimum absolute atomic E-state index is 0.0861. The summed E-state index contributed by atoms with van der Waals surface area (Å²) in [4.78, 5) is 0. The van der Waals surface area contributed by atoms with Gasteiger partial charge in [0.05, 0.1) is 5.41 Å². The molecule has 0 aromatic heterocycles. The third-order valence-electron chi connectivity index (χ3n) is 16.0.